The summed E-state index contributed by atoms with van der Waals surface area (Å²) in [5.74, 6) is -1.29. The summed E-state index contributed by atoms with van der Waals surface area (Å²) in [7, 11) is 1.05. The van der Waals surface area contributed by atoms with Gasteiger partial charge < -0.3 is 42.3 Å². The third-order valence-corrected chi connectivity index (χ3v) is 14.3. The van der Waals surface area contributed by atoms with Crippen LogP contribution in [0.5, 0.6) is 0 Å². The molecule has 0 heterocycles. The highest BCUT2D eigenvalue weighted by Gasteiger charge is 2.61. The van der Waals surface area contributed by atoms with Crippen LogP contribution in [0, 0.1) is 0 Å². The number of methoxy groups -OCH3 is 3. The largest absolute Gasteiger partial charge is 0.453 e. The Morgan fingerprint density at radius 1 is 0.481 bits per heavy atom. The number of hydrogen-bond acceptors (Lipinski definition) is 11. The maximum absolute atomic E-state index is 14.0. The summed E-state index contributed by atoms with van der Waals surface area (Å²) in [6.45, 7) is 5.78. The van der Waals surface area contributed by atoms with Crippen LogP contribution in [0.25, 0.3) is 0 Å². The van der Waals surface area contributed by atoms with Crippen molar-refractivity contribution in [2.24, 2.45) is 0 Å². The van der Waals surface area contributed by atoms with Crippen LogP contribution in [0.2, 0.25) is 5.04 Å². The number of carbonyl (C=O) groups excluding carboxylic acids is 2. The van der Waals surface area contributed by atoms with Crippen LogP contribution in [0.3, 0.4) is 0 Å². The van der Waals surface area contributed by atoms with Gasteiger partial charge in [0.05, 0.1) is 11.1 Å². The predicted octanol–water partition coefficient (Wildman–Crippen LogP) is 5.36. The van der Waals surface area contributed by atoms with E-state index in [9.17, 15) is 9.59 Å². The van der Waals surface area contributed by atoms with Gasteiger partial charge in [-0.15, -0.1) is 0 Å². The average Bonchev–Trinajstić information content (AvgIpc) is 3.19. The van der Waals surface area contributed by atoms with Crippen molar-refractivity contribution in [3.8, 4) is 0 Å². The van der Waals surface area contributed by atoms with E-state index in [-0.39, 0.29) is 20.4 Å². The molecule has 6 atom stereocenters. The summed E-state index contributed by atoms with van der Waals surface area (Å²) >= 11 is 0. The minimum absolute atomic E-state index is 0.201. The highest BCUT2D eigenvalue weighted by Crippen LogP contribution is 2.42. The second-order valence-corrected chi connectivity index (χ2v) is 18.1. The first-order chi connectivity index (χ1) is 26.2. The molecule has 0 spiro atoms. The minimum atomic E-state index is -3.40. The van der Waals surface area contributed by atoms with E-state index >= 15 is 0 Å². The lowest BCUT2D eigenvalue weighted by Gasteiger charge is -2.53. The van der Waals surface area contributed by atoms with Crippen molar-refractivity contribution in [2.75, 3.05) is 41.7 Å². The standard InChI is InChI=1S/C42H50O11Si/c1-42(2,3)54(32-23-15-9-16-24-32,33-25-17-10-18-26-33)53-39-35(49-28-46-5)37(51-40(43)30-19-11-7-12-20-30)34(48-27-45-4)38(36(39)50-29-47-6)52-41(44)31-21-13-8-14-22-31/h7-26,34-39H,27-29H2,1-6H3/t34?,35-,36-,37-,38+,39?/m1/s1. The van der Waals surface area contributed by atoms with Crippen LogP contribution in [0.15, 0.2) is 121 Å². The Kier molecular flexibility index (Phi) is 14.7. The highest BCUT2D eigenvalue weighted by molar-refractivity contribution is 6.99. The third kappa shape index (κ3) is 9.33. The number of benzene rings is 4. The first-order valence-corrected chi connectivity index (χ1v) is 19.7. The van der Waals surface area contributed by atoms with E-state index in [0.29, 0.717) is 11.1 Å². The Morgan fingerprint density at radius 2 is 0.796 bits per heavy atom. The molecule has 4 aromatic carbocycles. The molecule has 0 amide bonds. The van der Waals surface area contributed by atoms with Crippen LogP contribution < -0.4 is 10.4 Å². The SMILES string of the molecule is COCOC1[C@@H](OC(=O)c2ccccc2)[C@@H](OCOC)C(O[Si](c2ccccc2)(c2ccccc2)C(C)(C)C)[C@H](OCOC)[C@H]1OC(=O)c1ccccc1. The molecule has 288 valence electrons. The van der Waals surface area contributed by atoms with Gasteiger partial charge in [0.1, 0.15) is 44.8 Å². The van der Waals surface area contributed by atoms with Gasteiger partial charge in [0.2, 0.25) is 0 Å². The van der Waals surface area contributed by atoms with E-state index in [1.165, 1.54) is 21.3 Å². The van der Waals surface area contributed by atoms with Crippen molar-refractivity contribution >= 4 is 30.6 Å². The summed E-state index contributed by atoms with van der Waals surface area (Å²) in [5.41, 5.74) is 0.599. The van der Waals surface area contributed by atoms with Gasteiger partial charge in [-0.1, -0.05) is 118 Å². The Bertz CT molecular complexity index is 1610. The highest BCUT2D eigenvalue weighted by atomic mass is 28.4. The topological polar surface area (TPSA) is 117 Å². The van der Waals surface area contributed by atoms with E-state index in [1.807, 2.05) is 36.4 Å². The van der Waals surface area contributed by atoms with E-state index in [4.69, 9.17) is 42.3 Å². The van der Waals surface area contributed by atoms with Gasteiger partial charge in [-0.2, -0.15) is 0 Å². The molecule has 1 fully saturated rings. The van der Waals surface area contributed by atoms with Crippen LogP contribution >= 0.6 is 0 Å². The number of esters is 2. The van der Waals surface area contributed by atoms with Gasteiger partial charge >= 0.3 is 11.9 Å². The smallest absolute Gasteiger partial charge is 0.338 e. The maximum Gasteiger partial charge on any atom is 0.338 e. The van der Waals surface area contributed by atoms with Gasteiger partial charge in [0.15, 0.2) is 12.2 Å². The first kappa shape index (κ1) is 40.9. The molecule has 54 heavy (non-hydrogen) atoms. The molecule has 2 unspecified atom stereocenters. The molecule has 0 aliphatic heterocycles. The molecule has 0 aromatic heterocycles. The Balaban J connectivity index is 1.76. The van der Waals surface area contributed by atoms with Crippen LogP contribution in [-0.4, -0.2) is 98.6 Å². The van der Waals surface area contributed by atoms with Crippen molar-refractivity contribution in [3.05, 3.63) is 132 Å². The predicted molar refractivity (Wildman–Crippen MR) is 204 cm³/mol. The van der Waals surface area contributed by atoms with Crippen molar-refractivity contribution < 1.29 is 51.9 Å². The normalized spacial score (nSPS) is 21.7. The lowest BCUT2D eigenvalue weighted by Crippen LogP contribution is -2.74. The van der Waals surface area contributed by atoms with Crippen molar-refractivity contribution in [2.45, 2.75) is 62.4 Å². The summed E-state index contributed by atoms with van der Waals surface area (Å²) in [4.78, 5) is 27.9. The van der Waals surface area contributed by atoms with E-state index in [0.717, 1.165) is 10.4 Å². The molecule has 11 nitrogen and oxygen atoms in total. The third-order valence-electron chi connectivity index (χ3n) is 9.31. The van der Waals surface area contributed by atoms with Crippen molar-refractivity contribution in [1.29, 1.82) is 0 Å². The van der Waals surface area contributed by atoms with Crippen LogP contribution in [0.1, 0.15) is 41.5 Å². The van der Waals surface area contributed by atoms with Crippen LogP contribution in [-0.2, 0) is 42.3 Å². The summed E-state index contributed by atoms with van der Waals surface area (Å²) in [6, 6.07) is 37.3. The number of hydrogen-bond donors (Lipinski definition) is 0. The molecule has 5 rings (SSSR count). The monoisotopic (exact) mass is 758 g/mol. The quantitative estimate of drug-likeness (QED) is 0.0787. The zero-order valence-corrected chi connectivity index (χ0v) is 32.6. The van der Waals surface area contributed by atoms with Gasteiger partial charge in [-0.05, 0) is 39.7 Å². The zero-order valence-electron chi connectivity index (χ0n) is 31.6. The molecule has 0 N–H and O–H groups in total. The number of carbonyl (C=O) groups is 2. The molecule has 0 radical (unpaired) electrons. The molecule has 0 saturated heterocycles. The maximum atomic E-state index is 14.0. The average molecular weight is 759 g/mol. The Morgan fingerprint density at radius 3 is 1.11 bits per heavy atom. The molecule has 1 saturated carbocycles. The lowest BCUT2D eigenvalue weighted by molar-refractivity contribution is -0.280. The number of ether oxygens (including phenoxy) is 8. The van der Waals surface area contributed by atoms with Crippen molar-refractivity contribution in [1.82, 2.24) is 0 Å². The van der Waals surface area contributed by atoms with Crippen molar-refractivity contribution in [3.63, 3.8) is 0 Å². The molecule has 0 bridgehead atoms. The van der Waals surface area contributed by atoms with Gasteiger partial charge in [0.25, 0.3) is 8.32 Å². The Hall–Kier alpha value is -4.24. The summed E-state index contributed by atoms with van der Waals surface area (Å²) in [6.07, 6.45) is -6.88. The second kappa shape index (κ2) is 19.4. The van der Waals surface area contributed by atoms with E-state index in [2.05, 4.69) is 45.0 Å². The molecular weight excluding hydrogens is 709 g/mol. The van der Waals surface area contributed by atoms with Gasteiger partial charge in [-0.25, -0.2) is 9.59 Å². The summed E-state index contributed by atoms with van der Waals surface area (Å²) < 4.78 is 56.0. The van der Waals surface area contributed by atoms with Gasteiger partial charge in [0, 0.05) is 21.3 Å². The summed E-state index contributed by atoms with van der Waals surface area (Å²) in [5, 5.41) is 1.46. The molecule has 1 aliphatic carbocycles. The number of rotatable bonds is 17. The fourth-order valence-corrected chi connectivity index (χ4v) is 11.7. The lowest BCUT2D eigenvalue weighted by atomic mass is 9.84. The van der Waals surface area contributed by atoms with Gasteiger partial charge in [-0.3, -0.25) is 0 Å². The minimum Gasteiger partial charge on any atom is -0.453 e. The molecular formula is C42H50O11Si. The van der Waals surface area contributed by atoms with Crippen LogP contribution in [0.4, 0.5) is 0 Å². The van der Waals surface area contributed by atoms with E-state index in [1.54, 1.807) is 60.7 Å². The fraction of sp³-hybridized carbons (Fsp3) is 0.381. The molecule has 12 heteroatoms. The second-order valence-electron chi connectivity index (χ2n) is 13.8. The Labute approximate surface area is 318 Å². The molecule has 4 aromatic rings. The fourth-order valence-electron chi connectivity index (χ4n) is 6.96. The first-order valence-electron chi connectivity index (χ1n) is 17.8. The zero-order chi connectivity index (χ0) is 38.6. The van der Waals surface area contributed by atoms with E-state index < -0.39 is 61.9 Å². The molecule has 1 aliphatic rings.